The number of amides is 1. The van der Waals surface area contributed by atoms with Gasteiger partial charge in [0, 0.05) is 11.1 Å². The van der Waals surface area contributed by atoms with Crippen LogP contribution in [0.25, 0.3) is 10.9 Å². The zero-order chi connectivity index (χ0) is 21.5. The first-order valence-corrected chi connectivity index (χ1v) is 9.61. The lowest BCUT2D eigenvalue weighted by Gasteiger charge is -2.10. The average molecular weight is 429 g/mol. The summed E-state index contributed by atoms with van der Waals surface area (Å²) in [6.45, 7) is 0. The normalized spacial score (nSPS) is 11.6. The Kier molecular flexibility index (Phi) is 4.83. The molecule has 0 aliphatic heterocycles. The summed E-state index contributed by atoms with van der Waals surface area (Å²) in [6, 6.07) is 14.3. The number of para-hydroxylation sites is 1. The molecule has 0 bridgehead atoms. The van der Waals surface area contributed by atoms with E-state index in [1.165, 1.54) is 28.0 Å². The number of aromatic nitrogens is 1. The molecule has 1 amide bonds. The lowest BCUT2D eigenvalue weighted by Crippen LogP contribution is -2.17. The van der Waals surface area contributed by atoms with Crippen molar-refractivity contribution in [1.82, 2.24) is 4.57 Å². The molecule has 3 N–H and O–H groups in total. The highest BCUT2D eigenvalue weighted by molar-refractivity contribution is 7.12. The minimum Gasteiger partial charge on any atom is -0.384 e. The van der Waals surface area contributed by atoms with Crippen molar-refractivity contribution in [2.75, 3.05) is 11.1 Å². The second kappa shape index (κ2) is 7.34. The predicted molar refractivity (Wildman–Crippen MR) is 110 cm³/mol. The van der Waals surface area contributed by atoms with Crippen molar-refractivity contribution in [1.29, 1.82) is 0 Å². The molecule has 0 saturated heterocycles. The maximum atomic E-state index is 13.0. The molecule has 5 nitrogen and oxygen atoms in total. The molecule has 4 rings (SSSR count). The molecular formula is C21H14F3N3O2S. The van der Waals surface area contributed by atoms with Crippen LogP contribution < -0.4 is 11.1 Å². The van der Waals surface area contributed by atoms with Crippen LogP contribution in [0.4, 0.5) is 24.7 Å². The van der Waals surface area contributed by atoms with Gasteiger partial charge in [0.25, 0.3) is 11.8 Å². The fourth-order valence-corrected chi connectivity index (χ4v) is 3.85. The van der Waals surface area contributed by atoms with Gasteiger partial charge in [-0.3, -0.25) is 14.2 Å². The van der Waals surface area contributed by atoms with Crippen molar-refractivity contribution in [2.45, 2.75) is 6.18 Å². The summed E-state index contributed by atoms with van der Waals surface area (Å²) >= 11 is 1.23. The molecule has 0 spiro atoms. The van der Waals surface area contributed by atoms with Crippen LogP contribution in [0.2, 0.25) is 0 Å². The molecule has 30 heavy (non-hydrogen) atoms. The maximum Gasteiger partial charge on any atom is 0.416 e. The number of hydrogen-bond acceptors (Lipinski definition) is 4. The summed E-state index contributed by atoms with van der Waals surface area (Å²) in [7, 11) is 0. The van der Waals surface area contributed by atoms with E-state index < -0.39 is 23.6 Å². The van der Waals surface area contributed by atoms with Crippen LogP contribution in [0.15, 0.2) is 66.0 Å². The third-order valence-electron chi connectivity index (χ3n) is 4.52. The van der Waals surface area contributed by atoms with Gasteiger partial charge in [-0.05, 0) is 35.7 Å². The highest BCUT2D eigenvalue weighted by Gasteiger charge is 2.31. The van der Waals surface area contributed by atoms with Crippen LogP contribution in [-0.2, 0) is 6.18 Å². The Morgan fingerprint density at radius 1 is 1.00 bits per heavy atom. The van der Waals surface area contributed by atoms with Crippen molar-refractivity contribution < 1.29 is 22.8 Å². The number of benzene rings is 2. The number of carbonyl (C=O) groups is 2. The topological polar surface area (TPSA) is 77.1 Å². The first kappa shape index (κ1) is 19.7. The first-order valence-electron chi connectivity index (χ1n) is 8.73. The van der Waals surface area contributed by atoms with Gasteiger partial charge in [-0.25, -0.2) is 0 Å². The van der Waals surface area contributed by atoms with E-state index in [9.17, 15) is 22.8 Å². The minimum absolute atomic E-state index is 0.0212. The Hall–Kier alpha value is -3.59. The molecule has 0 radical (unpaired) electrons. The van der Waals surface area contributed by atoms with Crippen molar-refractivity contribution in [3.05, 3.63) is 82.0 Å². The van der Waals surface area contributed by atoms with E-state index in [0.29, 0.717) is 15.8 Å². The smallest absolute Gasteiger partial charge is 0.384 e. The van der Waals surface area contributed by atoms with Crippen LogP contribution in [0.5, 0.6) is 0 Å². The fourth-order valence-electron chi connectivity index (χ4n) is 3.19. The number of nitrogens with one attached hydrogen (secondary N) is 1. The fraction of sp³-hybridized carbons (Fsp3) is 0.0476. The van der Waals surface area contributed by atoms with Gasteiger partial charge in [-0.15, -0.1) is 11.3 Å². The molecule has 9 heteroatoms. The Bertz CT molecular complexity index is 1260. The van der Waals surface area contributed by atoms with E-state index in [1.54, 1.807) is 41.8 Å². The summed E-state index contributed by atoms with van der Waals surface area (Å²) in [4.78, 5) is 26.3. The number of nitrogens with two attached hydrogens (primary N) is 1. The Morgan fingerprint density at radius 2 is 1.77 bits per heavy atom. The van der Waals surface area contributed by atoms with Crippen molar-refractivity contribution in [2.24, 2.45) is 0 Å². The summed E-state index contributed by atoms with van der Waals surface area (Å²) in [5, 5.41) is 4.62. The number of thiophene rings is 1. The molecule has 0 unspecified atom stereocenters. The predicted octanol–water partition coefficient (Wildman–Crippen LogP) is 5.24. The average Bonchev–Trinajstić information content (AvgIpc) is 3.33. The van der Waals surface area contributed by atoms with Crippen LogP contribution in [0.1, 0.15) is 25.6 Å². The van der Waals surface area contributed by atoms with Crippen molar-refractivity contribution >= 4 is 45.6 Å². The SMILES string of the molecule is Nc1c(C(=O)Nc2cccc(C(F)(F)F)c2)c2ccccc2n1C(=O)c1cccs1. The Morgan fingerprint density at radius 3 is 2.47 bits per heavy atom. The largest absolute Gasteiger partial charge is 0.416 e. The monoisotopic (exact) mass is 429 g/mol. The van der Waals surface area contributed by atoms with E-state index >= 15 is 0 Å². The summed E-state index contributed by atoms with van der Waals surface area (Å²) < 4.78 is 40.1. The number of carbonyl (C=O) groups excluding carboxylic acids is 2. The van der Waals surface area contributed by atoms with Gasteiger partial charge in [-0.1, -0.05) is 30.3 Å². The van der Waals surface area contributed by atoms with Crippen molar-refractivity contribution in [3.63, 3.8) is 0 Å². The van der Waals surface area contributed by atoms with Gasteiger partial charge in [-0.2, -0.15) is 13.2 Å². The van der Waals surface area contributed by atoms with Gasteiger partial charge in [0.15, 0.2) is 0 Å². The van der Waals surface area contributed by atoms with Gasteiger partial charge in [0.1, 0.15) is 5.82 Å². The lowest BCUT2D eigenvalue weighted by molar-refractivity contribution is -0.137. The van der Waals surface area contributed by atoms with Crippen LogP contribution in [-0.4, -0.2) is 16.4 Å². The number of rotatable bonds is 3. The van der Waals surface area contributed by atoms with Crippen LogP contribution in [0.3, 0.4) is 0 Å². The highest BCUT2D eigenvalue weighted by Crippen LogP contribution is 2.33. The summed E-state index contributed by atoms with van der Waals surface area (Å²) in [5.74, 6) is -1.18. The summed E-state index contributed by atoms with van der Waals surface area (Å²) in [6.07, 6.45) is -4.54. The molecule has 0 atom stereocenters. The highest BCUT2D eigenvalue weighted by atomic mass is 32.1. The molecule has 152 valence electrons. The second-order valence-electron chi connectivity index (χ2n) is 6.43. The molecule has 0 saturated carbocycles. The minimum atomic E-state index is -4.54. The number of fused-ring (bicyclic) bond motifs is 1. The number of halogens is 3. The van der Waals surface area contributed by atoms with E-state index in [1.807, 2.05) is 0 Å². The molecule has 0 aliphatic rings. The van der Waals surface area contributed by atoms with E-state index in [0.717, 1.165) is 12.1 Å². The number of hydrogen-bond donors (Lipinski definition) is 2. The third-order valence-corrected chi connectivity index (χ3v) is 5.38. The number of anilines is 2. The van der Waals surface area contributed by atoms with Gasteiger partial charge < -0.3 is 11.1 Å². The Balaban J connectivity index is 1.77. The molecule has 2 aromatic heterocycles. The van der Waals surface area contributed by atoms with E-state index in [2.05, 4.69) is 5.32 Å². The maximum absolute atomic E-state index is 13.0. The van der Waals surface area contributed by atoms with Gasteiger partial charge in [0.05, 0.1) is 21.5 Å². The van der Waals surface area contributed by atoms with Crippen LogP contribution in [0, 0.1) is 0 Å². The zero-order valence-electron chi connectivity index (χ0n) is 15.2. The van der Waals surface area contributed by atoms with Crippen molar-refractivity contribution in [3.8, 4) is 0 Å². The molecular weight excluding hydrogens is 415 g/mol. The van der Waals surface area contributed by atoms with Crippen LogP contribution >= 0.6 is 11.3 Å². The number of alkyl halides is 3. The molecule has 2 heterocycles. The number of nitrogens with zero attached hydrogens (tertiary/aromatic N) is 1. The molecule has 0 aliphatic carbocycles. The van der Waals surface area contributed by atoms with E-state index in [4.69, 9.17) is 5.73 Å². The number of nitrogen functional groups attached to an aromatic ring is 1. The first-order chi connectivity index (χ1) is 14.3. The quantitative estimate of drug-likeness (QED) is 0.467. The van der Waals surface area contributed by atoms with Gasteiger partial charge in [0.2, 0.25) is 0 Å². The standard InChI is InChI=1S/C21H14F3N3O2S/c22-21(23,24)12-5-3-6-13(11-12)26-19(28)17-14-7-1-2-8-15(14)27(18(17)25)20(29)16-9-4-10-30-16/h1-11H,25H2,(H,26,28). The molecule has 4 aromatic rings. The van der Waals surface area contributed by atoms with E-state index in [-0.39, 0.29) is 17.1 Å². The molecule has 0 fully saturated rings. The third kappa shape index (κ3) is 3.43. The zero-order valence-corrected chi connectivity index (χ0v) is 16.1. The lowest BCUT2D eigenvalue weighted by atomic mass is 10.1. The molecule has 2 aromatic carbocycles. The van der Waals surface area contributed by atoms with Gasteiger partial charge >= 0.3 is 6.18 Å². The summed E-state index contributed by atoms with van der Waals surface area (Å²) in [5.41, 5.74) is 5.72. The second-order valence-corrected chi connectivity index (χ2v) is 7.38. The Labute approximate surface area is 172 Å².